The Bertz CT molecular complexity index is 1230. The van der Waals surface area contributed by atoms with Crippen molar-refractivity contribution in [2.24, 2.45) is 0 Å². The first-order valence-electron chi connectivity index (χ1n) is 9.55. The van der Waals surface area contributed by atoms with Crippen LogP contribution in [0.4, 0.5) is 15.8 Å². The van der Waals surface area contributed by atoms with Crippen LogP contribution in [-0.2, 0) is 19.6 Å². The fourth-order valence-corrected chi connectivity index (χ4v) is 4.02. The molecule has 0 aromatic heterocycles. The lowest BCUT2D eigenvalue weighted by molar-refractivity contribution is -0.119. The van der Waals surface area contributed by atoms with E-state index in [0.29, 0.717) is 11.4 Å². The number of hydrogen-bond acceptors (Lipinski definition) is 5. The average Bonchev–Trinajstić information content (AvgIpc) is 2.79. The number of nitrogens with zero attached hydrogens (tertiary/aromatic N) is 1. The van der Waals surface area contributed by atoms with E-state index >= 15 is 0 Å². The van der Waals surface area contributed by atoms with E-state index in [9.17, 15) is 22.4 Å². The minimum atomic E-state index is -3.92. The Morgan fingerprint density at radius 1 is 1.00 bits per heavy atom. The molecule has 0 saturated heterocycles. The zero-order chi connectivity index (χ0) is 23.3. The van der Waals surface area contributed by atoms with E-state index in [4.69, 9.17) is 4.74 Å². The summed E-state index contributed by atoms with van der Waals surface area (Å²) in [5, 5.41) is 2.46. The molecule has 0 unspecified atom stereocenters. The molecular formula is C23H21FN2O5S. The molecule has 0 radical (unpaired) electrons. The van der Waals surface area contributed by atoms with Crippen LogP contribution in [0, 0.1) is 12.7 Å². The zero-order valence-corrected chi connectivity index (χ0v) is 18.2. The van der Waals surface area contributed by atoms with E-state index in [2.05, 4.69) is 5.32 Å². The van der Waals surface area contributed by atoms with E-state index < -0.39 is 34.3 Å². The second kappa shape index (κ2) is 9.61. The van der Waals surface area contributed by atoms with Crippen molar-refractivity contribution in [3.8, 4) is 0 Å². The summed E-state index contributed by atoms with van der Waals surface area (Å²) >= 11 is 0. The summed E-state index contributed by atoms with van der Waals surface area (Å²) < 4.78 is 45.0. The van der Waals surface area contributed by atoms with Crippen molar-refractivity contribution >= 4 is 33.3 Å². The van der Waals surface area contributed by atoms with E-state index in [1.165, 1.54) is 55.6 Å². The monoisotopic (exact) mass is 456 g/mol. The SMILES string of the molecule is Cc1ccc(N(C)S(=O)(=O)c2cccc(C(=O)OCC(=O)Nc3ccc(F)cc3)c2)cc1. The van der Waals surface area contributed by atoms with Gasteiger partial charge in [0.25, 0.3) is 15.9 Å². The van der Waals surface area contributed by atoms with Crippen molar-refractivity contribution in [1.82, 2.24) is 0 Å². The summed E-state index contributed by atoms with van der Waals surface area (Å²) in [7, 11) is -2.50. The van der Waals surface area contributed by atoms with Crippen LogP contribution in [0.15, 0.2) is 77.7 Å². The molecule has 1 amide bonds. The highest BCUT2D eigenvalue weighted by Crippen LogP contribution is 2.23. The lowest BCUT2D eigenvalue weighted by Gasteiger charge is -2.20. The Kier molecular flexibility index (Phi) is 6.89. The van der Waals surface area contributed by atoms with Crippen molar-refractivity contribution in [2.75, 3.05) is 23.3 Å². The Labute approximate surface area is 185 Å². The predicted octanol–water partition coefficient (Wildman–Crippen LogP) is 3.75. The smallest absolute Gasteiger partial charge is 0.338 e. The van der Waals surface area contributed by atoms with Crippen LogP contribution in [0.3, 0.4) is 0 Å². The molecule has 1 N–H and O–H groups in total. The van der Waals surface area contributed by atoms with Crippen LogP contribution in [-0.4, -0.2) is 33.9 Å². The molecule has 0 heterocycles. The van der Waals surface area contributed by atoms with Crippen LogP contribution in [0.2, 0.25) is 0 Å². The minimum absolute atomic E-state index is 0.0158. The van der Waals surface area contributed by atoms with Crippen LogP contribution in [0.1, 0.15) is 15.9 Å². The van der Waals surface area contributed by atoms with E-state index in [1.54, 1.807) is 24.3 Å². The van der Waals surface area contributed by atoms with Gasteiger partial charge in [-0.25, -0.2) is 17.6 Å². The lowest BCUT2D eigenvalue weighted by Crippen LogP contribution is -2.27. The lowest BCUT2D eigenvalue weighted by atomic mass is 10.2. The highest BCUT2D eigenvalue weighted by Gasteiger charge is 2.23. The van der Waals surface area contributed by atoms with Crippen LogP contribution < -0.4 is 9.62 Å². The third-order valence-electron chi connectivity index (χ3n) is 4.59. The van der Waals surface area contributed by atoms with Gasteiger partial charge in [-0.2, -0.15) is 0 Å². The van der Waals surface area contributed by atoms with E-state index in [0.717, 1.165) is 9.87 Å². The molecule has 32 heavy (non-hydrogen) atoms. The topological polar surface area (TPSA) is 92.8 Å². The number of benzene rings is 3. The Morgan fingerprint density at radius 2 is 1.66 bits per heavy atom. The van der Waals surface area contributed by atoms with Crippen LogP contribution >= 0.6 is 0 Å². The Balaban J connectivity index is 1.67. The first kappa shape index (κ1) is 23.0. The van der Waals surface area contributed by atoms with Crippen molar-refractivity contribution in [1.29, 1.82) is 0 Å². The third-order valence-corrected chi connectivity index (χ3v) is 6.37. The van der Waals surface area contributed by atoms with E-state index in [-0.39, 0.29) is 10.5 Å². The minimum Gasteiger partial charge on any atom is -0.452 e. The molecule has 0 bridgehead atoms. The number of amides is 1. The van der Waals surface area contributed by atoms with Gasteiger partial charge in [0.05, 0.1) is 16.1 Å². The average molecular weight is 456 g/mol. The number of anilines is 2. The largest absolute Gasteiger partial charge is 0.452 e. The highest BCUT2D eigenvalue weighted by atomic mass is 32.2. The first-order valence-corrected chi connectivity index (χ1v) is 11.0. The molecule has 166 valence electrons. The van der Waals surface area contributed by atoms with Crippen LogP contribution in [0.5, 0.6) is 0 Å². The Hall–Kier alpha value is -3.72. The summed E-state index contributed by atoms with van der Waals surface area (Å²) in [6.07, 6.45) is 0. The van der Waals surface area contributed by atoms with Gasteiger partial charge in [0, 0.05) is 12.7 Å². The number of rotatable bonds is 7. The van der Waals surface area contributed by atoms with Crippen molar-refractivity contribution in [3.63, 3.8) is 0 Å². The van der Waals surface area contributed by atoms with Gasteiger partial charge in [0.15, 0.2) is 6.61 Å². The summed E-state index contributed by atoms with van der Waals surface area (Å²) in [6, 6.07) is 17.5. The summed E-state index contributed by atoms with van der Waals surface area (Å²) in [4.78, 5) is 24.2. The molecule has 3 aromatic rings. The van der Waals surface area contributed by atoms with Crippen molar-refractivity contribution in [2.45, 2.75) is 11.8 Å². The predicted molar refractivity (Wildman–Crippen MR) is 119 cm³/mol. The molecule has 0 aliphatic carbocycles. The summed E-state index contributed by atoms with van der Waals surface area (Å²) in [5.74, 6) is -1.92. The quantitative estimate of drug-likeness (QED) is 0.547. The number of esters is 1. The van der Waals surface area contributed by atoms with Gasteiger partial charge in [-0.05, 0) is 61.5 Å². The molecule has 0 atom stereocenters. The second-order valence-electron chi connectivity index (χ2n) is 6.97. The maximum absolute atomic E-state index is 13.0. The van der Waals surface area contributed by atoms with Gasteiger partial charge in [-0.3, -0.25) is 9.10 Å². The van der Waals surface area contributed by atoms with Gasteiger partial charge in [0.1, 0.15) is 5.82 Å². The molecule has 9 heteroatoms. The molecule has 3 aromatic carbocycles. The molecular weight excluding hydrogens is 435 g/mol. The number of sulfonamides is 1. The van der Waals surface area contributed by atoms with Gasteiger partial charge in [-0.15, -0.1) is 0 Å². The molecule has 0 aliphatic heterocycles. The van der Waals surface area contributed by atoms with E-state index in [1.807, 2.05) is 6.92 Å². The fourth-order valence-electron chi connectivity index (χ4n) is 2.78. The van der Waals surface area contributed by atoms with Gasteiger partial charge < -0.3 is 10.1 Å². The van der Waals surface area contributed by atoms with Crippen LogP contribution in [0.25, 0.3) is 0 Å². The molecule has 0 saturated carbocycles. The van der Waals surface area contributed by atoms with Crippen molar-refractivity contribution in [3.05, 3.63) is 89.7 Å². The number of carbonyl (C=O) groups is 2. The number of carbonyl (C=O) groups excluding carboxylic acids is 2. The van der Waals surface area contributed by atoms with Gasteiger partial charge in [0.2, 0.25) is 0 Å². The summed E-state index contributed by atoms with van der Waals surface area (Å²) in [6.45, 7) is 1.31. The van der Waals surface area contributed by atoms with Gasteiger partial charge in [-0.1, -0.05) is 23.8 Å². The normalized spacial score (nSPS) is 11.0. The fraction of sp³-hybridized carbons (Fsp3) is 0.130. The summed E-state index contributed by atoms with van der Waals surface area (Å²) in [5.41, 5.74) is 1.80. The molecule has 0 spiro atoms. The van der Waals surface area contributed by atoms with Crippen molar-refractivity contribution < 1.29 is 27.1 Å². The second-order valence-corrected chi connectivity index (χ2v) is 8.94. The third kappa shape index (κ3) is 5.50. The number of aryl methyl sites for hydroxylation is 1. The zero-order valence-electron chi connectivity index (χ0n) is 17.4. The Morgan fingerprint density at radius 3 is 2.31 bits per heavy atom. The highest BCUT2D eigenvalue weighted by molar-refractivity contribution is 7.92. The van der Waals surface area contributed by atoms with Gasteiger partial charge >= 0.3 is 5.97 Å². The first-order chi connectivity index (χ1) is 15.2. The number of ether oxygens (including phenoxy) is 1. The maximum atomic E-state index is 13.0. The number of nitrogens with one attached hydrogen (secondary N) is 1. The number of hydrogen-bond donors (Lipinski definition) is 1. The standard InChI is InChI=1S/C23H21FN2O5S/c1-16-6-12-20(13-7-16)26(2)32(29,30)21-5-3-4-17(14-21)23(28)31-15-22(27)25-19-10-8-18(24)9-11-19/h3-14H,15H2,1-2H3,(H,25,27). The molecule has 3 rings (SSSR count). The molecule has 0 aliphatic rings. The number of halogens is 1. The maximum Gasteiger partial charge on any atom is 0.338 e. The molecule has 0 fully saturated rings. The molecule has 7 nitrogen and oxygen atoms in total.